The maximum Gasteiger partial charge on any atom is 0.221 e. The van der Waals surface area contributed by atoms with E-state index in [0.717, 1.165) is 5.56 Å². The highest BCUT2D eigenvalue weighted by molar-refractivity contribution is 5.90. The summed E-state index contributed by atoms with van der Waals surface area (Å²) in [6.45, 7) is 8.34. The molecule has 5 heteroatoms. The summed E-state index contributed by atoms with van der Waals surface area (Å²) in [7, 11) is 0. The minimum absolute atomic E-state index is 0.0297. The van der Waals surface area contributed by atoms with Gasteiger partial charge in [-0.25, -0.2) is 0 Å². The smallest absolute Gasteiger partial charge is 0.221 e. The van der Waals surface area contributed by atoms with E-state index in [1.165, 1.54) is 0 Å². The summed E-state index contributed by atoms with van der Waals surface area (Å²) < 4.78 is 0. The maximum atomic E-state index is 12.2. The first kappa shape index (κ1) is 17.0. The molecular weight excluding hydrogens is 266 g/mol. The van der Waals surface area contributed by atoms with Gasteiger partial charge in [0.15, 0.2) is 5.84 Å². The van der Waals surface area contributed by atoms with Crippen LogP contribution in [0.2, 0.25) is 0 Å². The van der Waals surface area contributed by atoms with E-state index in [1.807, 2.05) is 37.3 Å². The molecule has 0 aliphatic carbocycles. The Morgan fingerprint density at radius 3 is 2.38 bits per heavy atom. The van der Waals surface area contributed by atoms with Crippen molar-refractivity contribution in [2.75, 3.05) is 0 Å². The number of amides is 1. The SMILES string of the molecule is CC(CC(=O)NC(C(N)=NO)c1ccccc1)C(C)(C)C. The molecule has 4 N–H and O–H groups in total. The van der Waals surface area contributed by atoms with Gasteiger partial charge >= 0.3 is 0 Å². The van der Waals surface area contributed by atoms with Crippen LogP contribution in [0.5, 0.6) is 0 Å². The quantitative estimate of drug-likeness (QED) is 0.337. The number of nitrogens with two attached hydrogens (primary N) is 1. The molecule has 0 fully saturated rings. The van der Waals surface area contributed by atoms with Gasteiger partial charge in [0.05, 0.1) is 0 Å². The van der Waals surface area contributed by atoms with Gasteiger partial charge in [-0.1, -0.05) is 63.2 Å². The van der Waals surface area contributed by atoms with Crippen LogP contribution in [0.25, 0.3) is 0 Å². The van der Waals surface area contributed by atoms with E-state index in [2.05, 4.69) is 31.2 Å². The van der Waals surface area contributed by atoms with Crippen LogP contribution in [0.15, 0.2) is 35.5 Å². The predicted octanol–water partition coefficient (Wildman–Crippen LogP) is 2.66. The van der Waals surface area contributed by atoms with Crippen molar-refractivity contribution in [2.45, 2.75) is 40.2 Å². The van der Waals surface area contributed by atoms with Crippen LogP contribution in [0.1, 0.15) is 45.7 Å². The van der Waals surface area contributed by atoms with E-state index in [0.29, 0.717) is 6.42 Å². The Kier molecular flexibility index (Phi) is 5.76. The number of carbonyl (C=O) groups excluding carboxylic acids is 1. The van der Waals surface area contributed by atoms with Gasteiger partial charge in [-0.3, -0.25) is 4.79 Å². The Bertz CT molecular complexity index is 492. The highest BCUT2D eigenvalue weighted by Crippen LogP contribution is 2.28. The molecule has 1 aromatic rings. The van der Waals surface area contributed by atoms with Crippen molar-refractivity contribution in [1.29, 1.82) is 0 Å². The molecule has 0 saturated carbocycles. The van der Waals surface area contributed by atoms with Gasteiger partial charge in [-0.2, -0.15) is 0 Å². The Balaban J connectivity index is 2.82. The molecule has 1 rings (SSSR count). The van der Waals surface area contributed by atoms with Gasteiger partial charge < -0.3 is 16.3 Å². The first-order valence-corrected chi connectivity index (χ1v) is 7.07. The number of hydrogen-bond donors (Lipinski definition) is 3. The molecule has 0 heterocycles. The number of nitrogens with one attached hydrogen (secondary N) is 1. The number of carbonyl (C=O) groups is 1. The molecule has 0 aliphatic heterocycles. The zero-order valence-electron chi connectivity index (χ0n) is 13.1. The number of oxime groups is 1. The molecular formula is C16H25N3O2. The van der Waals surface area contributed by atoms with E-state index < -0.39 is 6.04 Å². The first-order valence-electron chi connectivity index (χ1n) is 7.07. The van der Waals surface area contributed by atoms with Crippen molar-refractivity contribution in [3.05, 3.63) is 35.9 Å². The van der Waals surface area contributed by atoms with Crippen LogP contribution in [0.4, 0.5) is 0 Å². The monoisotopic (exact) mass is 291 g/mol. The second-order valence-corrected chi connectivity index (χ2v) is 6.41. The Labute approximate surface area is 126 Å². The van der Waals surface area contributed by atoms with Crippen molar-refractivity contribution in [3.8, 4) is 0 Å². The summed E-state index contributed by atoms with van der Waals surface area (Å²) in [4.78, 5) is 12.2. The van der Waals surface area contributed by atoms with Gasteiger partial charge in [0.25, 0.3) is 0 Å². The normalized spacial score (nSPS) is 15.3. The van der Waals surface area contributed by atoms with Crippen LogP contribution in [-0.4, -0.2) is 17.0 Å². The Morgan fingerprint density at radius 1 is 1.33 bits per heavy atom. The summed E-state index contributed by atoms with van der Waals surface area (Å²) in [5, 5.41) is 14.8. The molecule has 2 atom stereocenters. The van der Waals surface area contributed by atoms with Crippen molar-refractivity contribution in [1.82, 2.24) is 5.32 Å². The van der Waals surface area contributed by atoms with Crippen LogP contribution >= 0.6 is 0 Å². The zero-order valence-corrected chi connectivity index (χ0v) is 13.1. The lowest BCUT2D eigenvalue weighted by Gasteiger charge is -2.27. The predicted molar refractivity (Wildman–Crippen MR) is 84.0 cm³/mol. The topological polar surface area (TPSA) is 87.7 Å². The van der Waals surface area contributed by atoms with E-state index in [-0.39, 0.29) is 23.1 Å². The summed E-state index contributed by atoms with van der Waals surface area (Å²) in [5.41, 5.74) is 6.53. The van der Waals surface area contributed by atoms with Gasteiger partial charge in [0.1, 0.15) is 6.04 Å². The third-order valence-corrected chi connectivity index (χ3v) is 3.82. The summed E-state index contributed by atoms with van der Waals surface area (Å²) in [6.07, 6.45) is 0.394. The lowest BCUT2D eigenvalue weighted by Crippen LogP contribution is -2.39. The molecule has 1 amide bonds. The number of rotatable bonds is 5. The van der Waals surface area contributed by atoms with Crippen molar-refractivity contribution in [2.24, 2.45) is 22.2 Å². The van der Waals surface area contributed by atoms with Crippen molar-refractivity contribution in [3.63, 3.8) is 0 Å². The average molecular weight is 291 g/mol. The zero-order chi connectivity index (χ0) is 16.0. The van der Waals surface area contributed by atoms with Crippen LogP contribution in [0, 0.1) is 11.3 Å². The average Bonchev–Trinajstić information content (AvgIpc) is 2.43. The fraction of sp³-hybridized carbons (Fsp3) is 0.500. The van der Waals surface area contributed by atoms with Gasteiger partial charge in [-0.15, -0.1) is 0 Å². The highest BCUT2D eigenvalue weighted by atomic mass is 16.4. The van der Waals surface area contributed by atoms with Crippen LogP contribution in [0.3, 0.4) is 0 Å². The third kappa shape index (κ3) is 5.10. The molecule has 1 aromatic carbocycles. The van der Waals surface area contributed by atoms with Crippen molar-refractivity contribution >= 4 is 11.7 Å². The molecule has 5 nitrogen and oxygen atoms in total. The summed E-state index contributed by atoms with van der Waals surface area (Å²) >= 11 is 0. The molecule has 0 saturated heterocycles. The molecule has 0 bridgehead atoms. The molecule has 0 radical (unpaired) electrons. The number of benzene rings is 1. The fourth-order valence-corrected chi connectivity index (χ4v) is 1.84. The first-order chi connectivity index (χ1) is 9.75. The fourth-order valence-electron chi connectivity index (χ4n) is 1.84. The Morgan fingerprint density at radius 2 is 1.90 bits per heavy atom. The molecule has 2 unspecified atom stereocenters. The second kappa shape index (κ2) is 7.11. The second-order valence-electron chi connectivity index (χ2n) is 6.41. The number of hydrogen-bond acceptors (Lipinski definition) is 3. The van der Waals surface area contributed by atoms with E-state index >= 15 is 0 Å². The molecule has 0 aromatic heterocycles. The van der Waals surface area contributed by atoms with Gasteiger partial charge in [0, 0.05) is 6.42 Å². The molecule has 21 heavy (non-hydrogen) atoms. The summed E-state index contributed by atoms with van der Waals surface area (Å²) in [6, 6.07) is 8.60. The lowest BCUT2D eigenvalue weighted by molar-refractivity contribution is -0.123. The third-order valence-electron chi connectivity index (χ3n) is 3.82. The van der Waals surface area contributed by atoms with E-state index in [9.17, 15) is 4.79 Å². The minimum Gasteiger partial charge on any atom is -0.409 e. The van der Waals surface area contributed by atoms with Gasteiger partial charge in [-0.05, 0) is 16.9 Å². The van der Waals surface area contributed by atoms with E-state index in [1.54, 1.807) is 0 Å². The lowest BCUT2D eigenvalue weighted by atomic mass is 9.80. The Hall–Kier alpha value is -2.04. The van der Waals surface area contributed by atoms with E-state index in [4.69, 9.17) is 10.9 Å². The molecule has 116 valence electrons. The minimum atomic E-state index is -0.615. The standard InChI is InChI=1S/C16H25N3O2/c1-11(16(2,3)4)10-13(20)18-14(15(17)19-21)12-8-6-5-7-9-12/h5-9,11,14,21H,10H2,1-4H3,(H2,17,19)(H,18,20). The number of nitrogens with zero attached hydrogens (tertiary/aromatic N) is 1. The van der Waals surface area contributed by atoms with Crippen LogP contribution in [-0.2, 0) is 4.79 Å². The van der Waals surface area contributed by atoms with Crippen LogP contribution < -0.4 is 11.1 Å². The number of amidine groups is 1. The van der Waals surface area contributed by atoms with Gasteiger partial charge in [0.2, 0.25) is 5.91 Å². The summed E-state index contributed by atoms with van der Waals surface area (Å²) in [5.74, 6) is 0.0806. The largest absolute Gasteiger partial charge is 0.409 e. The molecule has 0 spiro atoms. The highest BCUT2D eigenvalue weighted by Gasteiger charge is 2.25. The maximum absolute atomic E-state index is 12.2. The van der Waals surface area contributed by atoms with Crippen molar-refractivity contribution < 1.29 is 10.0 Å². The molecule has 0 aliphatic rings.